The Morgan fingerprint density at radius 1 is 1.03 bits per heavy atom. The first-order chi connectivity index (χ1) is 17.7. The minimum absolute atomic E-state index is 0.0498. The summed E-state index contributed by atoms with van der Waals surface area (Å²) in [6.07, 6.45) is 8.25. The Hall–Kier alpha value is -2.97. The molecule has 0 radical (unpaired) electrons. The molecule has 1 aromatic carbocycles. The van der Waals surface area contributed by atoms with Crippen molar-refractivity contribution in [1.82, 2.24) is 14.7 Å². The largest absolute Gasteiger partial charge is 0.394 e. The van der Waals surface area contributed by atoms with Gasteiger partial charge in [-0.1, -0.05) is 74.9 Å². The van der Waals surface area contributed by atoms with Crippen molar-refractivity contribution in [2.24, 2.45) is 17.8 Å². The summed E-state index contributed by atoms with van der Waals surface area (Å²) in [5.74, 6) is -2.38. The predicted molar refractivity (Wildman–Crippen MR) is 138 cm³/mol. The van der Waals surface area contributed by atoms with Crippen LogP contribution >= 0.6 is 0 Å². The Kier molecular flexibility index (Phi) is 6.52. The second kappa shape index (κ2) is 9.40. The Labute approximate surface area is 218 Å². The number of fused-ring (bicyclic) bond motifs is 2. The van der Waals surface area contributed by atoms with Gasteiger partial charge in [-0.3, -0.25) is 14.4 Å². The summed E-state index contributed by atoms with van der Waals surface area (Å²) in [4.78, 5) is 47.4. The standard InChI is InChI=1S/C29H37N3O5/c1-5-19(2)21(18-33)32-24-27(36)31(17-20-11-7-6-8-12-20)16-10-14-29(24)23(26(32)35)22-25(34)30(4)15-9-13-28(22,3)37-29/h6-14,19,21-24,33H,5,15-18H2,1-4H3/t19-,21-,22+,23-,24?,28-,29-/m0/s1. The summed E-state index contributed by atoms with van der Waals surface area (Å²) in [5.41, 5.74) is -1.35. The molecular weight excluding hydrogens is 470 g/mol. The van der Waals surface area contributed by atoms with Crippen molar-refractivity contribution in [2.45, 2.75) is 57.0 Å². The maximum absolute atomic E-state index is 14.4. The van der Waals surface area contributed by atoms with Crippen molar-refractivity contribution in [2.75, 3.05) is 26.7 Å². The van der Waals surface area contributed by atoms with Gasteiger partial charge in [0.1, 0.15) is 11.6 Å². The van der Waals surface area contributed by atoms with Gasteiger partial charge in [-0.25, -0.2) is 0 Å². The third-order valence-corrected chi connectivity index (χ3v) is 8.84. The zero-order valence-electron chi connectivity index (χ0n) is 22.0. The molecular formula is C29H37N3O5. The molecule has 3 amide bonds. The summed E-state index contributed by atoms with van der Waals surface area (Å²) < 4.78 is 6.81. The number of hydrogen-bond donors (Lipinski definition) is 1. The highest BCUT2D eigenvalue weighted by atomic mass is 16.5. The van der Waals surface area contributed by atoms with Gasteiger partial charge in [-0.15, -0.1) is 0 Å². The van der Waals surface area contributed by atoms with Crippen LogP contribution in [0.3, 0.4) is 0 Å². The van der Waals surface area contributed by atoms with Crippen LogP contribution in [0.5, 0.6) is 0 Å². The number of carbonyl (C=O) groups is 3. The van der Waals surface area contributed by atoms with Gasteiger partial charge in [0, 0.05) is 26.7 Å². The topological polar surface area (TPSA) is 90.4 Å². The number of likely N-dealkylation sites (tertiary alicyclic amines) is 1. The van der Waals surface area contributed by atoms with E-state index in [1.54, 1.807) is 21.7 Å². The molecule has 198 valence electrons. The van der Waals surface area contributed by atoms with Crippen LogP contribution in [-0.2, 0) is 25.7 Å². The highest BCUT2D eigenvalue weighted by Gasteiger charge is 2.75. The number of hydrogen-bond acceptors (Lipinski definition) is 5. The Morgan fingerprint density at radius 3 is 2.41 bits per heavy atom. The lowest BCUT2D eigenvalue weighted by Crippen LogP contribution is -2.59. The number of amides is 3. The molecule has 4 heterocycles. The van der Waals surface area contributed by atoms with E-state index < -0.39 is 35.1 Å². The number of benzene rings is 1. The summed E-state index contributed by atoms with van der Waals surface area (Å²) in [6, 6.07) is 8.20. The first-order valence-corrected chi connectivity index (χ1v) is 13.2. The number of likely N-dealkylation sites (N-methyl/N-ethyl adjacent to an activating group) is 1. The van der Waals surface area contributed by atoms with E-state index in [0.29, 0.717) is 19.6 Å². The van der Waals surface area contributed by atoms with Gasteiger partial charge in [-0.05, 0) is 18.4 Å². The van der Waals surface area contributed by atoms with E-state index in [-0.39, 0.29) is 30.2 Å². The van der Waals surface area contributed by atoms with Crippen LogP contribution in [0.4, 0.5) is 0 Å². The molecule has 4 aliphatic heterocycles. The van der Waals surface area contributed by atoms with Gasteiger partial charge in [0.2, 0.25) is 17.7 Å². The maximum Gasteiger partial charge on any atom is 0.249 e. The lowest BCUT2D eigenvalue weighted by atomic mass is 9.74. The van der Waals surface area contributed by atoms with E-state index in [1.165, 1.54) is 0 Å². The SMILES string of the molecule is CC[C@H](C)[C@H](CO)N1C(=O)[C@@H]2[C@@H]3C(=O)N(C)CC=C[C@]3(C)O[C@@]23C=CCN(Cc2ccccc2)C(=O)C13. The Balaban J connectivity index is 1.65. The van der Waals surface area contributed by atoms with Crippen molar-refractivity contribution < 1.29 is 24.2 Å². The van der Waals surface area contributed by atoms with E-state index in [0.717, 1.165) is 12.0 Å². The number of rotatable bonds is 6. The van der Waals surface area contributed by atoms with Crippen molar-refractivity contribution in [3.8, 4) is 0 Å². The van der Waals surface area contributed by atoms with Crippen molar-refractivity contribution in [3.05, 3.63) is 60.2 Å². The molecule has 4 aliphatic rings. The van der Waals surface area contributed by atoms with Gasteiger partial charge >= 0.3 is 0 Å². The number of ether oxygens (including phenoxy) is 1. The Morgan fingerprint density at radius 2 is 1.73 bits per heavy atom. The number of aliphatic hydroxyl groups is 1. The van der Waals surface area contributed by atoms with Crippen LogP contribution in [0, 0.1) is 17.8 Å². The fourth-order valence-corrected chi connectivity index (χ4v) is 6.75. The second-order valence-corrected chi connectivity index (χ2v) is 11.1. The molecule has 1 aromatic rings. The maximum atomic E-state index is 14.4. The molecule has 5 rings (SSSR count). The van der Waals surface area contributed by atoms with Gasteiger partial charge in [0.15, 0.2) is 0 Å². The fourth-order valence-electron chi connectivity index (χ4n) is 6.75. The highest BCUT2D eigenvalue weighted by Crippen LogP contribution is 2.58. The molecule has 8 heteroatoms. The molecule has 1 N–H and O–H groups in total. The van der Waals surface area contributed by atoms with Crippen molar-refractivity contribution >= 4 is 17.7 Å². The van der Waals surface area contributed by atoms with Crippen LogP contribution < -0.4 is 0 Å². The van der Waals surface area contributed by atoms with Crippen LogP contribution in [0.1, 0.15) is 32.8 Å². The minimum Gasteiger partial charge on any atom is -0.394 e. The summed E-state index contributed by atoms with van der Waals surface area (Å²) in [7, 11) is 1.73. The summed E-state index contributed by atoms with van der Waals surface area (Å²) in [6.45, 7) is 6.73. The lowest BCUT2D eigenvalue weighted by Gasteiger charge is -2.41. The number of nitrogens with zero attached hydrogens (tertiary/aromatic N) is 3. The molecule has 1 unspecified atom stereocenters. The third-order valence-electron chi connectivity index (χ3n) is 8.84. The van der Waals surface area contributed by atoms with Gasteiger partial charge in [-0.2, -0.15) is 0 Å². The van der Waals surface area contributed by atoms with Gasteiger partial charge < -0.3 is 24.5 Å². The van der Waals surface area contributed by atoms with Gasteiger partial charge in [0.25, 0.3) is 0 Å². The van der Waals surface area contributed by atoms with E-state index in [4.69, 9.17) is 4.74 Å². The van der Waals surface area contributed by atoms with Crippen LogP contribution in [0.2, 0.25) is 0 Å². The quantitative estimate of drug-likeness (QED) is 0.595. The summed E-state index contributed by atoms with van der Waals surface area (Å²) in [5, 5.41) is 10.5. The van der Waals surface area contributed by atoms with Crippen LogP contribution in [0.15, 0.2) is 54.6 Å². The van der Waals surface area contributed by atoms with E-state index >= 15 is 0 Å². The zero-order chi connectivity index (χ0) is 26.5. The summed E-state index contributed by atoms with van der Waals surface area (Å²) >= 11 is 0. The molecule has 7 atom stereocenters. The second-order valence-electron chi connectivity index (χ2n) is 11.1. The van der Waals surface area contributed by atoms with Crippen LogP contribution in [0.25, 0.3) is 0 Å². The smallest absolute Gasteiger partial charge is 0.249 e. The Bertz CT molecular complexity index is 1140. The van der Waals surface area contributed by atoms with E-state index in [2.05, 4.69) is 0 Å². The molecule has 0 aromatic heterocycles. The predicted octanol–water partition coefficient (Wildman–Crippen LogP) is 1.99. The first-order valence-electron chi connectivity index (χ1n) is 13.2. The molecule has 8 nitrogen and oxygen atoms in total. The average Bonchev–Trinajstić information content (AvgIpc) is 3.17. The lowest BCUT2D eigenvalue weighted by molar-refractivity contribution is -0.157. The monoisotopic (exact) mass is 507 g/mol. The highest BCUT2D eigenvalue weighted by molar-refractivity contribution is 6.00. The third kappa shape index (κ3) is 3.84. The molecule has 2 fully saturated rings. The molecule has 37 heavy (non-hydrogen) atoms. The molecule has 2 saturated heterocycles. The molecule has 1 spiro atoms. The van der Waals surface area contributed by atoms with Gasteiger partial charge in [0.05, 0.1) is 30.1 Å². The number of aliphatic hydroxyl groups excluding tert-OH is 1. The average molecular weight is 508 g/mol. The molecule has 0 saturated carbocycles. The number of carbonyl (C=O) groups excluding carboxylic acids is 3. The van der Waals surface area contributed by atoms with E-state index in [9.17, 15) is 19.5 Å². The van der Waals surface area contributed by atoms with Crippen LogP contribution in [-0.4, -0.2) is 87.6 Å². The first kappa shape index (κ1) is 25.7. The van der Waals surface area contributed by atoms with Crippen molar-refractivity contribution in [1.29, 1.82) is 0 Å². The molecule has 0 bridgehead atoms. The normalized spacial score (nSPS) is 34.7. The fraction of sp³-hybridized carbons (Fsp3) is 0.552. The van der Waals surface area contributed by atoms with E-state index in [1.807, 2.05) is 75.4 Å². The van der Waals surface area contributed by atoms with Crippen molar-refractivity contribution in [3.63, 3.8) is 0 Å². The zero-order valence-corrected chi connectivity index (χ0v) is 22.0. The molecule has 0 aliphatic carbocycles. The minimum atomic E-state index is -1.31.